The molecular formula is C17H22N2O2. The molecule has 0 saturated carbocycles. The van der Waals surface area contributed by atoms with Gasteiger partial charge >= 0.3 is 0 Å². The zero-order valence-corrected chi connectivity index (χ0v) is 13.4. The largest absolute Gasteiger partial charge is 0.494 e. The fourth-order valence-corrected chi connectivity index (χ4v) is 3.20. The van der Waals surface area contributed by atoms with Crippen LogP contribution in [0.1, 0.15) is 39.7 Å². The Morgan fingerprint density at radius 3 is 2.67 bits per heavy atom. The minimum absolute atomic E-state index is 0.0365. The molecule has 1 aliphatic rings. The molecule has 0 saturated heterocycles. The van der Waals surface area contributed by atoms with Crippen LogP contribution in [0.2, 0.25) is 0 Å². The average Bonchev–Trinajstić information content (AvgIpc) is 2.61. The number of rotatable bonds is 4. The van der Waals surface area contributed by atoms with Gasteiger partial charge < -0.3 is 9.64 Å². The molecule has 1 aromatic carbocycles. The van der Waals surface area contributed by atoms with Crippen molar-refractivity contribution in [1.82, 2.24) is 0 Å². The number of likely N-dealkylation sites (N-methyl/N-ethyl adjacent to an activating group) is 1. The molecule has 0 aromatic heterocycles. The third kappa shape index (κ3) is 2.49. The van der Waals surface area contributed by atoms with Gasteiger partial charge in [0.2, 0.25) is 5.91 Å². The summed E-state index contributed by atoms with van der Waals surface area (Å²) in [5, 5.41) is 9.31. The number of benzene rings is 1. The van der Waals surface area contributed by atoms with Crippen LogP contribution in [0.4, 0.5) is 5.69 Å². The summed E-state index contributed by atoms with van der Waals surface area (Å²) in [6.45, 7) is 8.18. The smallest absolute Gasteiger partial charge is 0.237 e. The van der Waals surface area contributed by atoms with Gasteiger partial charge in [-0.1, -0.05) is 0 Å². The lowest BCUT2D eigenvalue weighted by atomic mass is 9.71. The Morgan fingerprint density at radius 2 is 2.10 bits per heavy atom. The van der Waals surface area contributed by atoms with Crippen LogP contribution in [-0.4, -0.2) is 19.6 Å². The second kappa shape index (κ2) is 5.07. The number of carbonyl (C=O) groups is 1. The van der Waals surface area contributed by atoms with E-state index in [1.807, 2.05) is 45.9 Å². The number of hydrogen-bond acceptors (Lipinski definition) is 3. The number of nitrogens with zero attached hydrogens (tertiary/aromatic N) is 2. The van der Waals surface area contributed by atoms with Crippen molar-refractivity contribution in [2.24, 2.45) is 5.41 Å². The van der Waals surface area contributed by atoms with Gasteiger partial charge in [0.05, 0.1) is 23.5 Å². The molecule has 21 heavy (non-hydrogen) atoms. The number of carbonyl (C=O) groups excluding carboxylic acids is 1. The van der Waals surface area contributed by atoms with Gasteiger partial charge in [-0.3, -0.25) is 4.79 Å². The van der Waals surface area contributed by atoms with E-state index in [-0.39, 0.29) is 5.91 Å². The lowest BCUT2D eigenvalue weighted by Gasteiger charge is -2.29. The fraction of sp³-hybridized carbons (Fsp3) is 0.529. The molecule has 112 valence electrons. The van der Waals surface area contributed by atoms with Crippen molar-refractivity contribution in [1.29, 1.82) is 5.26 Å². The van der Waals surface area contributed by atoms with Crippen LogP contribution in [0.25, 0.3) is 0 Å². The third-order valence-electron chi connectivity index (χ3n) is 4.11. The van der Waals surface area contributed by atoms with Gasteiger partial charge in [-0.05, 0) is 57.9 Å². The SMILES string of the molecule is CCOc1ccc2c(c1)C(C)(CC(C)(C)C#N)C(=O)N2C. The standard InChI is InChI=1S/C17H22N2O2/c1-6-21-12-7-8-14-13(9-12)17(4,15(20)19(14)5)10-16(2,3)11-18/h7-9H,6,10H2,1-5H3. The maximum absolute atomic E-state index is 12.7. The minimum Gasteiger partial charge on any atom is -0.494 e. The summed E-state index contributed by atoms with van der Waals surface area (Å²) in [6, 6.07) is 8.04. The number of ether oxygens (including phenoxy) is 1. The molecule has 2 rings (SSSR count). The maximum Gasteiger partial charge on any atom is 0.237 e. The molecule has 1 aromatic rings. The van der Waals surface area contributed by atoms with Crippen molar-refractivity contribution in [3.63, 3.8) is 0 Å². The molecule has 1 atom stereocenters. The van der Waals surface area contributed by atoms with Crippen LogP contribution in [-0.2, 0) is 10.2 Å². The van der Waals surface area contributed by atoms with Gasteiger partial charge in [0.25, 0.3) is 0 Å². The van der Waals surface area contributed by atoms with Crippen molar-refractivity contribution >= 4 is 11.6 Å². The topological polar surface area (TPSA) is 53.3 Å². The first-order valence-electron chi connectivity index (χ1n) is 7.22. The van der Waals surface area contributed by atoms with Crippen molar-refractivity contribution in [2.45, 2.75) is 39.5 Å². The summed E-state index contributed by atoms with van der Waals surface area (Å²) in [5.74, 6) is 0.801. The van der Waals surface area contributed by atoms with Gasteiger partial charge in [0.1, 0.15) is 5.75 Å². The molecule has 1 unspecified atom stereocenters. The zero-order valence-electron chi connectivity index (χ0n) is 13.4. The minimum atomic E-state index is -0.684. The number of hydrogen-bond donors (Lipinski definition) is 0. The molecule has 4 nitrogen and oxygen atoms in total. The summed E-state index contributed by atoms with van der Waals surface area (Å²) < 4.78 is 5.56. The molecule has 0 fully saturated rings. The van der Waals surface area contributed by atoms with E-state index in [9.17, 15) is 10.1 Å². The van der Waals surface area contributed by atoms with Crippen molar-refractivity contribution in [2.75, 3.05) is 18.6 Å². The quantitative estimate of drug-likeness (QED) is 0.853. The molecule has 0 bridgehead atoms. The van der Waals surface area contributed by atoms with E-state index in [0.29, 0.717) is 13.0 Å². The lowest BCUT2D eigenvalue weighted by molar-refractivity contribution is -0.123. The second-order valence-corrected chi connectivity index (χ2v) is 6.48. The third-order valence-corrected chi connectivity index (χ3v) is 4.11. The summed E-state index contributed by atoms with van der Waals surface area (Å²) in [7, 11) is 1.78. The highest BCUT2D eigenvalue weighted by Crippen LogP contribution is 2.48. The second-order valence-electron chi connectivity index (χ2n) is 6.48. The number of anilines is 1. The Morgan fingerprint density at radius 1 is 1.43 bits per heavy atom. The van der Waals surface area contributed by atoms with Crippen LogP contribution in [0.15, 0.2) is 18.2 Å². The van der Waals surface area contributed by atoms with Crippen molar-refractivity contribution < 1.29 is 9.53 Å². The molecule has 1 amide bonds. The Balaban J connectivity index is 2.52. The Hall–Kier alpha value is -2.02. The van der Waals surface area contributed by atoms with Crippen molar-refractivity contribution in [3.05, 3.63) is 23.8 Å². The lowest BCUT2D eigenvalue weighted by Crippen LogP contribution is -2.39. The first-order valence-corrected chi connectivity index (χ1v) is 7.22. The first kappa shape index (κ1) is 15.4. The molecule has 1 heterocycles. The number of fused-ring (bicyclic) bond motifs is 1. The summed E-state index contributed by atoms with van der Waals surface area (Å²) in [4.78, 5) is 14.4. The van der Waals surface area contributed by atoms with E-state index >= 15 is 0 Å². The molecule has 4 heteroatoms. The molecule has 0 N–H and O–H groups in total. The van der Waals surface area contributed by atoms with Gasteiger partial charge in [0.15, 0.2) is 0 Å². The monoisotopic (exact) mass is 286 g/mol. The van der Waals surface area contributed by atoms with Crippen molar-refractivity contribution in [3.8, 4) is 11.8 Å². The Bertz CT molecular complexity index is 616. The maximum atomic E-state index is 12.7. The highest BCUT2D eigenvalue weighted by molar-refractivity contribution is 6.07. The van der Waals surface area contributed by atoms with E-state index in [1.165, 1.54) is 0 Å². The van der Waals surface area contributed by atoms with E-state index < -0.39 is 10.8 Å². The molecule has 0 radical (unpaired) electrons. The van der Waals surface area contributed by atoms with Gasteiger partial charge in [-0.25, -0.2) is 0 Å². The molecule has 0 spiro atoms. The van der Waals surface area contributed by atoms with Crippen LogP contribution >= 0.6 is 0 Å². The van der Waals surface area contributed by atoms with E-state index in [4.69, 9.17) is 4.74 Å². The molecule has 1 aliphatic heterocycles. The summed E-state index contributed by atoms with van der Waals surface area (Å²) in [5.41, 5.74) is 0.606. The Kier molecular flexibility index (Phi) is 3.71. The highest BCUT2D eigenvalue weighted by Gasteiger charge is 2.48. The van der Waals surface area contributed by atoms with Crippen LogP contribution < -0.4 is 9.64 Å². The van der Waals surface area contributed by atoms with E-state index in [2.05, 4.69) is 6.07 Å². The normalized spacial score (nSPS) is 21.1. The predicted molar refractivity (Wildman–Crippen MR) is 82.4 cm³/mol. The van der Waals surface area contributed by atoms with E-state index in [1.54, 1.807) is 11.9 Å². The predicted octanol–water partition coefficient (Wildman–Crippen LogP) is 3.26. The summed E-state index contributed by atoms with van der Waals surface area (Å²) in [6.07, 6.45) is 0.488. The van der Waals surface area contributed by atoms with Gasteiger partial charge in [0, 0.05) is 12.7 Å². The van der Waals surface area contributed by atoms with Gasteiger partial charge in [-0.2, -0.15) is 5.26 Å². The molecule has 0 aliphatic carbocycles. The fourth-order valence-electron chi connectivity index (χ4n) is 3.20. The van der Waals surface area contributed by atoms with E-state index in [0.717, 1.165) is 17.0 Å². The Labute approximate surface area is 126 Å². The summed E-state index contributed by atoms with van der Waals surface area (Å²) >= 11 is 0. The first-order chi connectivity index (χ1) is 9.75. The number of nitriles is 1. The van der Waals surface area contributed by atoms with Gasteiger partial charge in [-0.15, -0.1) is 0 Å². The zero-order chi connectivity index (χ0) is 15.8. The highest BCUT2D eigenvalue weighted by atomic mass is 16.5. The van der Waals surface area contributed by atoms with Crippen LogP contribution in [0.5, 0.6) is 5.75 Å². The average molecular weight is 286 g/mol. The van der Waals surface area contributed by atoms with Crippen LogP contribution in [0, 0.1) is 16.7 Å². The number of amides is 1. The molecular weight excluding hydrogens is 264 g/mol. The van der Waals surface area contributed by atoms with Crippen LogP contribution in [0.3, 0.4) is 0 Å².